The topological polar surface area (TPSA) is 121 Å². The van der Waals surface area contributed by atoms with E-state index in [9.17, 15) is 14.4 Å². The largest absolute Gasteiger partial charge is 0.481 e. The molecular weight excluding hydrogens is 400 g/mol. The molecule has 1 saturated carbocycles. The van der Waals surface area contributed by atoms with Gasteiger partial charge >= 0.3 is 12.0 Å². The first kappa shape index (κ1) is 20.3. The Bertz CT molecular complexity index is 893. The molecule has 2 aromatic heterocycles. The van der Waals surface area contributed by atoms with Crippen molar-refractivity contribution in [3.05, 3.63) is 29.7 Å². The summed E-state index contributed by atoms with van der Waals surface area (Å²) < 4.78 is 0.733. The van der Waals surface area contributed by atoms with Crippen molar-refractivity contribution >= 4 is 51.7 Å². The van der Waals surface area contributed by atoms with E-state index in [1.807, 2.05) is 6.26 Å². The first-order valence-corrected chi connectivity index (χ1v) is 10.8. The first-order chi connectivity index (χ1) is 13.5. The number of Topliss-reactive ketones (excluding diaryl/α,β-unsaturated/α-hetero) is 1. The molecule has 0 unspecified atom stereocenters. The molecule has 2 aromatic rings. The number of carbonyl (C=O) groups is 3. The number of carbonyl (C=O) groups excluding carboxylic acids is 2. The van der Waals surface area contributed by atoms with E-state index >= 15 is 0 Å². The zero-order valence-electron chi connectivity index (χ0n) is 15.2. The van der Waals surface area contributed by atoms with Crippen LogP contribution in [0.2, 0.25) is 0 Å². The summed E-state index contributed by atoms with van der Waals surface area (Å²) in [6.07, 6.45) is 8.43. The molecule has 1 fully saturated rings. The second-order valence-corrected chi connectivity index (χ2v) is 8.45. The van der Waals surface area contributed by atoms with Gasteiger partial charge in [0.2, 0.25) is 0 Å². The number of aromatic nitrogens is 2. The van der Waals surface area contributed by atoms with Crippen molar-refractivity contribution in [2.24, 2.45) is 5.92 Å². The standard InChI is InChI=1S/C18H20N4O4S2/c1-27-16-12(8-14(23)24)21-18(28-16)22-17(26)20-13-9-19-7-6-11(13)15(25)10-4-2-3-5-10/h6-7,9-10H,2-5,8H2,1H3,(H,23,24)(H2,20,21,22,26). The van der Waals surface area contributed by atoms with Gasteiger partial charge in [-0.25, -0.2) is 9.78 Å². The fraction of sp³-hybridized carbons (Fsp3) is 0.389. The van der Waals surface area contributed by atoms with Crippen LogP contribution in [-0.4, -0.2) is 39.1 Å². The minimum Gasteiger partial charge on any atom is -0.481 e. The van der Waals surface area contributed by atoms with E-state index in [4.69, 9.17) is 5.11 Å². The molecule has 0 atom stereocenters. The van der Waals surface area contributed by atoms with Gasteiger partial charge in [-0.2, -0.15) is 0 Å². The number of aliphatic carboxylic acids is 1. The van der Waals surface area contributed by atoms with E-state index in [2.05, 4.69) is 20.6 Å². The van der Waals surface area contributed by atoms with Crippen LogP contribution in [0.3, 0.4) is 0 Å². The molecule has 8 nitrogen and oxygen atoms in total. The number of nitrogens with one attached hydrogen (secondary N) is 2. The van der Waals surface area contributed by atoms with Crippen molar-refractivity contribution < 1.29 is 19.5 Å². The quantitative estimate of drug-likeness (QED) is 0.459. The van der Waals surface area contributed by atoms with E-state index in [-0.39, 0.29) is 18.1 Å². The van der Waals surface area contributed by atoms with Gasteiger partial charge in [-0.05, 0) is 25.2 Å². The van der Waals surface area contributed by atoms with Crippen molar-refractivity contribution in [1.29, 1.82) is 0 Å². The van der Waals surface area contributed by atoms with Crippen LogP contribution in [0, 0.1) is 5.92 Å². The van der Waals surface area contributed by atoms with Gasteiger partial charge in [-0.3, -0.25) is 19.9 Å². The van der Waals surface area contributed by atoms with Crippen molar-refractivity contribution in [2.45, 2.75) is 36.3 Å². The Morgan fingerprint density at radius 3 is 2.71 bits per heavy atom. The maximum absolute atomic E-state index is 12.7. The number of amides is 2. The lowest BCUT2D eigenvalue weighted by molar-refractivity contribution is -0.136. The third-order valence-corrected chi connectivity index (χ3v) is 6.61. The molecule has 3 rings (SSSR count). The number of thioether (sulfide) groups is 1. The van der Waals surface area contributed by atoms with Crippen LogP contribution in [0.4, 0.5) is 15.6 Å². The van der Waals surface area contributed by atoms with E-state index in [1.165, 1.54) is 35.5 Å². The first-order valence-electron chi connectivity index (χ1n) is 8.79. The molecule has 0 spiro atoms. The number of carboxylic acid groups (broad SMARTS) is 1. The smallest absolute Gasteiger partial charge is 0.325 e. The van der Waals surface area contributed by atoms with Crippen molar-refractivity contribution in [3.63, 3.8) is 0 Å². The van der Waals surface area contributed by atoms with Gasteiger partial charge in [0, 0.05) is 17.7 Å². The van der Waals surface area contributed by atoms with Gasteiger partial charge in [-0.15, -0.1) is 11.8 Å². The van der Waals surface area contributed by atoms with Gasteiger partial charge in [0.1, 0.15) is 0 Å². The summed E-state index contributed by atoms with van der Waals surface area (Å²) in [7, 11) is 0. The van der Waals surface area contributed by atoms with Crippen LogP contribution in [0.5, 0.6) is 0 Å². The predicted octanol–water partition coefficient (Wildman–Crippen LogP) is 3.90. The number of thiazole rings is 1. The van der Waals surface area contributed by atoms with Crippen LogP contribution in [-0.2, 0) is 11.2 Å². The normalized spacial score (nSPS) is 14.0. The number of pyridine rings is 1. The van der Waals surface area contributed by atoms with Crippen LogP contribution < -0.4 is 10.6 Å². The fourth-order valence-electron chi connectivity index (χ4n) is 3.17. The Morgan fingerprint density at radius 1 is 1.29 bits per heavy atom. The molecule has 3 N–H and O–H groups in total. The number of hydrogen-bond acceptors (Lipinski definition) is 7. The second kappa shape index (κ2) is 9.16. The number of carboxylic acids is 1. The van der Waals surface area contributed by atoms with Gasteiger partial charge in [-0.1, -0.05) is 24.2 Å². The SMILES string of the molecule is CSc1sc(NC(=O)Nc2cnccc2C(=O)C2CCCC2)nc1CC(=O)O. The summed E-state index contributed by atoms with van der Waals surface area (Å²) >= 11 is 2.58. The molecule has 10 heteroatoms. The Labute approximate surface area is 170 Å². The molecule has 28 heavy (non-hydrogen) atoms. The molecule has 2 heterocycles. The fourth-order valence-corrected chi connectivity index (χ4v) is 4.81. The minimum absolute atomic E-state index is 0.00677. The molecule has 0 aliphatic heterocycles. The number of hydrogen-bond donors (Lipinski definition) is 3. The summed E-state index contributed by atoms with van der Waals surface area (Å²) in [6, 6.07) is 1.06. The third-order valence-electron chi connectivity index (χ3n) is 4.45. The highest BCUT2D eigenvalue weighted by atomic mass is 32.2. The zero-order valence-corrected chi connectivity index (χ0v) is 16.9. The van der Waals surface area contributed by atoms with Crippen molar-refractivity contribution in [3.8, 4) is 0 Å². The lowest BCUT2D eigenvalue weighted by Crippen LogP contribution is -2.22. The number of nitrogens with zero attached hydrogens (tertiary/aromatic N) is 2. The van der Waals surface area contributed by atoms with E-state index in [0.29, 0.717) is 22.1 Å². The summed E-state index contributed by atoms with van der Waals surface area (Å²) in [4.78, 5) is 44.2. The minimum atomic E-state index is -0.984. The lowest BCUT2D eigenvalue weighted by atomic mass is 9.96. The lowest BCUT2D eigenvalue weighted by Gasteiger charge is -2.13. The molecule has 0 aromatic carbocycles. The summed E-state index contributed by atoms with van der Waals surface area (Å²) in [5.74, 6) is -0.965. The van der Waals surface area contributed by atoms with Gasteiger partial charge in [0.25, 0.3) is 0 Å². The number of ketones is 1. The Balaban J connectivity index is 1.71. The molecular formula is C18H20N4O4S2. The summed E-state index contributed by atoms with van der Waals surface area (Å²) in [5.41, 5.74) is 1.22. The molecule has 2 amide bonds. The second-order valence-electron chi connectivity index (χ2n) is 6.37. The van der Waals surface area contributed by atoms with E-state index in [0.717, 1.165) is 29.9 Å². The van der Waals surface area contributed by atoms with Crippen LogP contribution in [0.1, 0.15) is 41.7 Å². The highest BCUT2D eigenvalue weighted by molar-refractivity contribution is 8.00. The predicted molar refractivity (Wildman–Crippen MR) is 108 cm³/mol. The Kier molecular flexibility index (Phi) is 6.63. The molecule has 0 saturated heterocycles. The maximum Gasteiger partial charge on any atom is 0.325 e. The Hall–Kier alpha value is -2.46. The number of urea groups is 1. The molecule has 1 aliphatic rings. The van der Waals surface area contributed by atoms with Crippen LogP contribution >= 0.6 is 23.1 Å². The number of rotatable bonds is 7. The van der Waals surface area contributed by atoms with E-state index in [1.54, 1.807) is 6.07 Å². The summed E-state index contributed by atoms with van der Waals surface area (Å²) in [6.45, 7) is 0. The molecule has 148 valence electrons. The maximum atomic E-state index is 12.7. The van der Waals surface area contributed by atoms with Gasteiger partial charge in [0.15, 0.2) is 10.9 Å². The highest BCUT2D eigenvalue weighted by Gasteiger charge is 2.26. The monoisotopic (exact) mass is 420 g/mol. The average molecular weight is 421 g/mol. The molecule has 1 aliphatic carbocycles. The third kappa shape index (κ3) is 4.87. The number of anilines is 2. The zero-order chi connectivity index (χ0) is 20.1. The van der Waals surface area contributed by atoms with Crippen LogP contribution in [0.15, 0.2) is 22.7 Å². The van der Waals surface area contributed by atoms with E-state index < -0.39 is 12.0 Å². The Morgan fingerprint density at radius 2 is 2.04 bits per heavy atom. The summed E-state index contributed by atoms with van der Waals surface area (Å²) in [5, 5.41) is 14.5. The van der Waals surface area contributed by atoms with Crippen LogP contribution in [0.25, 0.3) is 0 Å². The van der Waals surface area contributed by atoms with Crippen molar-refractivity contribution in [1.82, 2.24) is 9.97 Å². The molecule has 0 bridgehead atoms. The average Bonchev–Trinajstić information content (AvgIpc) is 3.31. The molecule has 0 radical (unpaired) electrons. The highest BCUT2D eigenvalue weighted by Crippen LogP contribution is 2.32. The van der Waals surface area contributed by atoms with Gasteiger partial charge in [0.05, 0.1) is 28.2 Å². The van der Waals surface area contributed by atoms with Gasteiger partial charge < -0.3 is 10.4 Å². The van der Waals surface area contributed by atoms with Crippen molar-refractivity contribution in [2.75, 3.05) is 16.9 Å².